The van der Waals surface area contributed by atoms with Crippen LogP contribution in [-0.2, 0) is 6.42 Å². The Labute approximate surface area is 169 Å². The van der Waals surface area contributed by atoms with E-state index in [2.05, 4.69) is 20.5 Å². The van der Waals surface area contributed by atoms with E-state index in [0.29, 0.717) is 29.6 Å². The Balaban J connectivity index is 1.61. The fourth-order valence-electron chi connectivity index (χ4n) is 2.72. The summed E-state index contributed by atoms with van der Waals surface area (Å²) in [5.41, 5.74) is 2.19. The summed E-state index contributed by atoms with van der Waals surface area (Å²) in [5.74, 6) is 1.59. The number of ether oxygens (including phenoxy) is 2. The number of carbonyl (C=O) groups excluding carboxylic acids is 1. The monoisotopic (exact) mass is 393 g/mol. The summed E-state index contributed by atoms with van der Waals surface area (Å²) in [6.45, 7) is 0.580. The van der Waals surface area contributed by atoms with E-state index >= 15 is 0 Å². The summed E-state index contributed by atoms with van der Waals surface area (Å²) in [6.07, 6.45) is 4.23. The van der Waals surface area contributed by atoms with Crippen LogP contribution >= 0.6 is 0 Å². The normalized spacial score (nSPS) is 10.3. The summed E-state index contributed by atoms with van der Waals surface area (Å²) >= 11 is 0. The van der Waals surface area contributed by atoms with Gasteiger partial charge in [-0.2, -0.15) is 0 Å². The van der Waals surface area contributed by atoms with Crippen LogP contribution in [0, 0.1) is 0 Å². The predicted molar refractivity (Wildman–Crippen MR) is 110 cm³/mol. The van der Waals surface area contributed by atoms with Crippen LogP contribution in [-0.4, -0.2) is 53.8 Å². The van der Waals surface area contributed by atoms with Gasteiger partial charge in [0.2, 0.25) is 0 Å². The number of hydrogen-bond donors (Lipinski definition) is 1. The van der Waals surface area contributed by atoms with Crippen LogP contribution < -0.4 is 14.8 Å². The van der Waals surface area contributed by atoms with E-state index in [1.54, 1.807) is 62.8 Å². The van der Waals surface area contributed by atoms with Crippen LogP contribution in [0.4, 0.5) is 11.5 Å². The lowest BCUT2D eigenvalue weighted by molar-refractivity contribution is 0.0789. The van der Waals surface area contributed by atoms with Gasteiger partial charge >= 0.3 is 0 Å². The van der Waals surface area contributed by atoms with Gasteiger partial charge in [0.05, 0.1) is 14.2 Å². The summed E-state index contributed by atoms with van der Waals surface area (Å²) in [6, 6.07) is 12.7. The highest BCUT2D eigenvalue weighted by molar-refractivity contribution is 5.92. The largest absolute Gasteiger partial charge is 0.493 e. The van der Waals surface area contributed by atoms with Crippen molar-refractivity contribution in [2.75, 3.05) is 33.1 Å². The molecule has 29 heavy (non-hydrogen) atoms. The van der Waals surface area contributed by atoms with Gasteiger partial charge < -0.3 is 19.7 Å². The molecule has 0 radical (unpaired) electrons. The van der Waals surface area contributed by atoms with Crippen molar-refractivity contribution in [3.05, 3.63) is 66.1 Å². The van der Waals surface area contributed by atoms with Crippen molar-refractivity contribution in [2.24, 2.45) is 0 Å². The minimum atomic E-state index is -0.177. The van der Waals surface area contributed by atoms with E-state index in [1.165, 1.54) is 0 Å². The van der Waals surface area contributed by atoms with Crippen molar-refractivity contribution in [1.29, 1.82) is 0 Å². The number of rotatable bonds is 8. The maximum absolute atomic E-state index is 12.5. The highest BCUT2D eigenvalue weighted by atomic mass is 16.5. The lowest BCUT2D eigenvalue weighted by atomic mass is 10.2. The highest BCUT2D eigenvalue weighted by Gasteiger charge is 2.14. The standard InChI is InChI=1S/C21H23N5O3/c1-26(13-10-15-8-11-22-12-9-15)21(27)17-5-7-20(25-24-17)23-16-4-6-18(28-2)19(14-16)29-3/h4-9,11-12,14H,10,13H2,1-3H3,(H,23,25). The van der Waals surface area contributed by atoms with Crippen molar-refractivity contribution in [1.82, 2.24) is 20.1 Å². The topological polar surface area (TPSA) is 89.5 Å². The second kappa shape index (κ2) is 9.50. The molecule has 3 aromatic rings. The predicted octanol–water partition coefficient (Wildman–Crippen LogP) is 2.95. The average Bonchev–Trinajstić information content (AvgIpc) is 2.78. The Morgan fingerprint density at radius 1 is 1.00 bits per heavy atom. The van der Waals surface area contributed by atoms with Crippen LogP contribution in [0.25, 0.3) is 0 Å². The number of amides is 1. The third-order valence-corrected chi connectivity index (χ3v) is 4.37. The Kier molecular flexibility index (Phi) is 6.57. The zero-order chi connectivity index (χ0) is 20.6. The smallest absolute Gasteiger partial charge is 0.274 e. The Hall–Kier alpha value is -3.68. The molecule has 8 heteroatoms. The average molecular weight is 393 g/mol. The van der Waals surface area contributed by atoms with E-state index in [9.17, 15) is 4.79 Å². The molecule has 1 amide bonds. The maximum Gasteiger partial charge on any atom is 0.274 e. The molecule has 150 valence electrons. The molecule has 2 aromatic heterocycles. The molecule has 2 heterocycles. The zero-order valence-corrected chi connectivity index (χ0v) is 16.6. The van der Waals surface area contributed by atoms with Crippen molar-refractivity contribution >= 4 is 17.4 Å². The molecule has 1 aromatic carbocycles. The third kappa shape index (κ3) is 5.19. The SMILES string of the molecule is COc1ccc(Nc2ccc(C(=O)N(C)CCc3ccncc3)nn2)cc1OC. The van der Waals surface area contributed by atoms with Gasteiger partial charge in [-0.3, -0.25) is 9.78 Å². The lowest BCUT2D eigenvalue weighted by Crippen LogP contribution is -2.29. The molecule has 0 aliphatic rings. The number of benzene rings is 1. The van der Waals surface area contributed by atoms with E-state index in [-0.39, 0.29) is 5.91 Å². The van der Waals surface area contributed by atoms with Crippen LogP contribution in [0.15, 0.2) is 54.9 Å². The van der Waals surface area contributed by atoms with Crippen LogP contribution in [0.2, 0.25) is 0 Å². The molecule has 0 bridgehead atoms. The molecule has 0 saturated heterocycles. The molecule has 0 saturated carbocycles. The minimum Gasteiger partial charge on any atom is -0.493 e. The number of anilines is 2. The first-order valence-corrected chi connectivity index (χ1v) is 9.08. The van der Waals surface area contributed by atoms with Crippen LogP contribution in [0.5, 0.6) is 11.5 Å². The number of carbonyl (C=O) groups is 1. The highest BCUT2D eigenvalue weighted by Crippen LogP contribution is 2.30. The second-order valence-corrected chi connectivity index (χ2v) is 6.33. The number of methoxy groups -OCH3 is 2. The lowest BCUT2D eigenvalue weighted by Gasteiger charge is -2.16. The van der Waals surface area contributed by atoms with E-state index in [1.807, 2.05) is 18.2 Å². The van der Waals surface area contributed by atoms with E-state index in [0.717, 1.165) is 17.7 Å². The van der Waals surface area contributed by atoms with Gasteiger partial charge in [-0.15, -0.1) is 10.2 Å². The maximum atomic E-state index is 12.5. The number of aromatic nitrogens is 3. The van der Waals surface area contributed by atoms with Gasteiger partial charge in [0.25, 0.3) is 5.91 Å². The van der Waals surface area contributed by atoms with Crippen molar-refractivity contribution in [2.45, 2.75) is 6.42 Å². The summed E-state index contributed by atoms with van der Waals surface area (Å²) < 4.78 is 10.5. The quantitative estimate of drug-likeness (QED) is 0.629. The summed E-state index contributed by atoms with van der Waals surface area (Å²) in [4.78, 5) is 18.2. The number of pyridine rings is 1. The van der Waals surface area contributed by atoms with Gasteiger partial charge in [-0.05, 0) is 48.4 Å². The van der Waals surface area contributed by atoms with Gasteiger partial charge in [0, 0.05) is 37.7 Å². The molecule has 0 aliphatic carbocycles. The molecular formula is C21H23N5O3. The van der Waals surface area contributed by atoms with Crippen LogP contribution in [0.3, 0.4) is 0 Å². The Morgan fingerprint density at radius 2 is 1.76 bits per heavy atom. The third-order valence-electron chi connectivity index (χ3n) is 4.37. The van der Waals surface area contributed by atoms with Crippen molar-refractivity contribution in [3.63, 3.8) is 0 Å². The first kappa shape index (κ1) is 20.1. The molecule has 0 fully saturated rings. The van der Waals surface area contributed by atoms with Crippen molar-refractivity contribution < 1.29 is 14.3 Å². The Bertz CT molecular complexity index is 948. The van der Waals surface area contributed by atoms with Gasteiger partial charge in [0.15, 0.2) is 23.0 Å². The fourth-order valence-corrected chi connectivity index (χ4v) is 2.72. The first-order valence-electron chi connectivity index (χ1n) is 9.08. The molecule has 0 spiro atoms. The second-order valence-electron chi connectivity index (χ2n) is 6.33. The number of nitrogens with zero attached hydrogens (tertiary/aromatic N) is 4. The van der Waals surface area contributed by atoms with Crippen LogP contribution in [0.1, 0.15) is 16.1 Å². The molecule has 0 aliphatic heterocycles. The molecule has 8 nitrogen and oxygen atoms in total. The molecule has 1 N–H and O–H groups in total. The minimum absolute atomic E-state index is 0.177. The summed E-state index contributed by atoms with van der Waals surface area (Å²) in [7, 11) is 4.91. The molecular weight excluding hydrogens is 370 g/mol. The molecule has 0 atom stereocenters. The van der Waals surface area contributed by atoms with Crippen molar-refractivity contribution in [3.8, 4) is 11.5 Å². The van der Waals surface area contributed by atoms with Gasteiger partial charge in [-0.1, -0.05) is 0 Å². The molecule has 3 rings (SSSR count). The van der Waals surface area contributed by atoms with E-state index < -0.39 is 0 Å². The first-order chi connectivity index (χ1) is 14.1. The van der Waals surface area contributed by atoms with Gasteiger partial charge in [-0.25, -0.2) is 0 Å². The molecule has 0 unspecified atom stereocenters. The zero-order valence-electron chi connectivity index (χ0n) is 16.6. The Morgan fingerprint density at radius 3 is 2.41 bits per heavy atom. The van der Waals surface area contributed by atoms with Gasteiger partial charge in [0.1, 0.15) is 0 Å². The number of likely N-dealkylation sites (N-methyl/N-ethyl adjacent to an activating group) is 1. The number of hydrogen-bond acceptors (Lipinski definition) is 7. The fraction of sp³-hybridized carbons (Fsp3) is 0.238. The summed E-state index contributed by atoms with van der Waals surface area (Å²) in [5, 5.41) is 11.3. The van der Waals surface area contributed by atoms with E-state index in [4.69, 9.17) is 9.47 Å². The number of nitrogens with one attached hydrogen (secondary N) is 1.